The highest BCUT2D eigenvalue weighted by Gasteiger charge is 2.39. The molecule has 0 heterocycles. The summed E-state index contributed by atoms with van der Waals surface area (Å²) in [6.45, 7) is 2.54. The van der Waals surface area contributed by atoms with E-state index in [0.29, 0.717) is 6.54 Å². The second-order valence-corrected chi connectivity index (χ2v) is 5.43. The van der Waals surface area contributed by atoms with Gasteiger partial charge in [0.15, 0.2) is 0 Å². The normalized spacial score (nSPS) is 19.9. The molecule has 1 aliphatic rings. The van der Waals surface area contributed by atoms with Crippen molar-refractivity contribution in [2.45, 2.75) is 38.6 Å². The number of halogens is 1. The van der Waals surface area contributed by atoms with Crippen LogP contribution in [0, 0.1) is 5.41 Å². The molecule has 1 aliphatic carbocycles. The van der Waals surface area contributed by atoms with Gasteiger partial charge in [0.05, 0.1) is 5.41 Å². The fraction of sp³-hybridized carbons (Fsp3) is 0.909. The highest BCUT2D eigenvalue weighted by atomic mass is 35.5. The number of thioether (sulfide) groups is 1. The van der Waals surface area contributed by atoms with Crippen molar-refractivity contribution in [3.8, 4) is 0 Å². The summed E-state index contributed by atoms with van der Waals surface area (Å²) in [7, 11) is 0. The van der Waals surface area contributed by atoms with Gasteiger partial charge in [0.1, 0.15) is 0 Å². The Morgan fingerprint density at radius 2 is 2.06 bits per heavy atom. The lowest BCUT2D eigenvalue weighted by molar-refractivity contribution is -0.130. The Morgan fingerprint density at radius 1 is 1.50 bits per heavy atom. The van der Waals surface area contributed by atoms with E-state index < -0.39 is 0 Å². The number of hydrogen-bond donors (Lipinski definition) is 2. The molecule has 0 aromatic rings. The molecule has 0 aromatic carbocycles. The van der Waals surface area contributed by atoms with Crippen LogP contribution >= 0.6 is 24.2 Å². The highest BCUT2D eigenvalue weighted by Crippen LogP contribution is 2.37. The summed E-state index contributed by atoms with van der Waals surface area (Å²) in [5, 5.41) is 3.07. The number of nitrogens with two attached hydrogens (primary N) is 1. The zero-order valence-electron chi connectivity index (χ0n) is 10.1. The second kappa shape index (κ2) is 7.41. The average Bonchev–Trinajstić information content (AvgIpc) is 2.67. The summed E-state index contributed by atoms with van der Waals surface area (Å²) in [4.78, 5) is 12.1. The number of hydrogen-bond acceptors (Lipinski definition) is 3. The Bertz CT molecular complexity index is 220. The van der Waals surface area contributed by atoms with Gasteiger partial charge in [-0.1, -0.05) is 12.8 Å². The summed E-state index contributed by atoms with van der Waals surface area (Å²) >= 11 is 1.75. The fourth-order valence-electron chi connectivity index (χ4n) is 2.24. The first kappa shape index (κ1) is 16.1. The Balaban J connectivity index is 0.00000225. The van der Waals surface area contributed by atoms with Crippen molar-refractivity contribution in [2.75, 3.05) is 18.6 Å². The molecule has 0 aliphatic heterocycles. The fourth-order valence-corrected chi connectivity index (χ4v) is 2.83. The first-order chi connectivity index (χ1) is 7.14. The molecule has 0 bridgehead atoms. The third-order valence-electron chi connectivity index (χ3n) is 3.23. The van der Waals surface area contributed by atoms with E-state index in [1.165, 1.54) is 0 Å². The molecule has 1 unspecified atom stereocenters. The smallest absolute Gasteiger partial charge is 0.227 e. The molecule has 1 atom stereocenters. The van der Waals surface area contributed by atoms with Crippen molar-refractivity contribution in [3.05, 3.63) is 0 Å². The zero-order valence-corrected chi connectivity index (χ0v) is 11.8. The first-order valence-electron chi connectivity index (χ1n) is 5.64. The molecule has 16 heavy (non-hydrogen) atoms. The third kappa shape index (κ3) is 3.82. The molecule has 5 heteroatoms. The molecule has 1 fully saturated rings. The van der Waals surface area contributed by atoms with Gasteiger partial charge in [-0.25, -0.2) is 0 Å². The van der Waals surface area contributed by atoms with Crippen molar-refractivity contribution in [2.24, 2.45) is 11.1 Å². The number of nitrogens with one attached hydrogen (secondary N) is 1. The predicted octanol–water partition coefficient (Wildman–Crippen LogP) is 1.79. The number of rotatable bonds is 5. The van der Waals surface area contributed by atoms with Crippen molar-refractivity contribution in [1.82, 2.24) is 5.32 Å². The van der Waals surface area contributed by atoms with E-state index >= 15 is 0 Å². The molecular formula is C11H23ClN2OS. The van der Waals surface area contributed by atoms with Crippen LogP contribution in [0.15, 0.2) is 0 Å². The average molecular weight is 267 g/mol. The predicted molar refractivity (Wildman–Crippen MR) is 73.2 cm³/mol. The van der Waals surface area contributed by atoms with Gasteiger partial charge in [-0.05, 0) is 26.0 Å². The topological polar surface area (TPSA) is 55.1 Å². The van der Waals surface area contributed by atoms with Crippen LogP contribution in [0.5, 0.6) is 0 Å². The minimum atomic E-state index is -0.257. The maximum absolute atomic E-state index is 12.1. The lowest BCUT2D eigenvalue weighted by atomic mass is 9.85. The van der Waals surface area contributed by atoms with Crippen LogP contribution in [0.4, 0.5) is 0 Å². The van der Waals surface area contributed by atoms with Crippen molar-refractivity contribution < 1.29 is 4.79 Å². The van der Waals surface area contributed by atoms with E-state index in [9.17, 15) is 4.79 Å². The van der Waals surface area contributed by atoms with Gasteiger partial charge in [-0.15, -0.1) is 12.4 Å². The van der Waals surface area contributed by atoms with Crippen LogP contribution in [-0.2, 0) is 4.79 Å². The number of carbonyl (C=O) groups excluding carboxylic acids is 1. The molecule has 0 spiro atoms. The van der Waals surface area contributed by atoms with Gasteiger partial charge < -0.3 is 11.1 Å². The van der Waals surface area contributed by atoms with Gasteiger partial charge in [0, 0.05) is 18.3 Å². The van der Waals surface area contributed by atoms with E-state index in [1.54, 1.807) is 11.8 Å². The molecular weight excluding hydrogens is 244 g/mol. The molecule has 0 saturated heterocycles. The quantitative estimate of drug-likeness (QED) is 0.798. The summed E-state index contributed by atoms with van der Waals surface area (Å²) < 4.78 is 0. The van der Waals surface area contributed by atoms with Crippen molar-refractivity contribution in [3.63, 3.8) is 0 Å². The van der Waals surface area contributed by atoms with Gasteiger partial charge in [-0.3, -0.25) is 4.79 Å². The van der Waals surface area contributed by atoms with Crippen LogP contribution in [0.1, 0.15) is 32.6 Å². The van der Waals surface area contributed by atoms with Gasteiger partial charge in [-0.2, -0.15) is 11.8 Å². The maximum Gasteiger partial charge on any atom is 0.227 e. The molecule has 1 amide bonds. The second-order valence-electron chi connectivity index (χ2n) is 4.52. The van der Waals surface area contributed by atoms with E-state index in [4.69, 9.17) is 5.73 Å². The first-order valence-corrected chi connectivity index (χ1v) is 7.04. The van der Waals surface area contributed by atoms with Crippen LogP contribution in [0.3, 0.4) is 0 Å². The Morgan fingerprint density at radius 3 is 2.50 bits per heavy atom. The van der Waals surface area contributed by atoms with E-state index in [-0.39, 0.29) is 29.8 Å². The number of amides is 1. The van der Waals surface area contributed by atoms with Crippen LogP contribution in [0.2, 0.25) is 0 Å². The molecule has 3 nitrogen and oxygen atoms in total. The Labute approximate surface area is 109 Å². The standard InChI is InChI=1S/C11H22N2OS.ClH/c1-9(7-15-2)13-10(14)11(8-12)5-3-4-6-11;/h9H,3-8,12H2,1-2H3,(H,13,14);1H. The SMILES string of the molecule is CSCC(C)NC(=O)C1(CN)CCCC1.Cl. The van der Waals surface area contributed by atoms with Gasteiger partial charge in [0.25, 0.3) is 0 Å². The summed E-state index contributed by atoms with van der Waals surface area (Å²) in [5.74, 6) is 1.14. The zero-order chi connectivity index (χ0) is 11.3. The van der Waals surface area contributed by atoms with Crippen LogP contribution in [0.25, 0.3) is 0 Å². The van der Waals surface area contributed by atoms with Crippen molar-refractivity contribution in [1.29, 1.82) is 0 Å². The monoisotopic (exact) mass is 266 g/mol. The van der Waals surface area contributed by atoms with E-state index in [0.717, 1.165) is 31.4 Å². The van der Waals surface area contributed by atoms with Gasteiger partial charge in [0.2, 0.25) is 5.91 Å². The van der Waals surface area contributed by atoms with Crippen LogP contribution in [-0.4, -0.2) is 30.5 Å². The summed E-state index contributed by atoms with van der Waals surface area (Å²) in [6, 6.07) is 0.247. The van der Waals surface area contributed by atoms with E-state index in [1.807, 2.05) is 6.92 Å². The minimum absolute atomic E-state index is 0. The Hall–Kier alpha value is 0.0700. The van der Waals surface area contributed by atoms with Crippen molar-refractivity contribution >= 4 is 30.1 Å². The summed E-state index contributed by atoms with van der Waals surface area (Å²) in [5.41, 5.74) is 5.50. The third-order valence-corrected chi connectivity index (χ3v) is 4.06. The number of carbonyl (C=O) groups is 1. The van der Waals surface area contributed by atoms with E-state index in [2.05, 4.69) is 11.6 Å². The highest BCUT2D eigenvalue weighted by molar-refractivity contribution is 7.98. The molecule has 96 valence electrons. The maximum atomic E-state index is 12.1. The summed E-state index contributed by atoms with van der Waals surface area (Å²) in [6.07, 6.45) is 6.25. The molecule has 1 rings (SSSR count). The van der Waals surface area contributed by atoms with Gasteiger partial charge >= 0.3 is 0 Å². The Kier molecular flexibility index (Phi) is 7.44. The van der Waals surface area contributed by atoms with Crippen LogP contribution < -0.4 is 11.1 Å². The molecule has 0 aromatic heterocycles. The lowest BCUT2D eigenvalue weighted by Gasteiger charge is -2.27. The lowest BCUT2D eigenvalue weighted by Crippen LogP contribution is -2.47. The molecule has 1 saturated carbocycles. The minimum Gasteiger partial charge on any atom is -0.352 e. The molecule has 0 radical (unpaired) electrons. The molecule has 3 N–H and O–H groups in total. The largest absolute Gasteiger partial charge is 0.352 e.